The lowest BCUT2D eigenvalue weighted by atomic mass is 10.0. The average molecular weight is 412 g/mol. The van der Waals surface area contributed by atoms with Crippen LogP contribution in [0.15, 0.2) is 42.5 Å². The summed E-state index contributed by atoms with van der Waals surface area (Å²) in [5.74, 6) is -1.33. The van der Waals surface area contributed by atoms with E-state index in [0.29, 0.717) is 24.9 Å². The van der Waals surface area contributed by atoms with Crippen molar-refractivity contribution in [2.75, 3.05) is 43.1 Å². The maximum Gasteiger partial charge on any atom is 0.248 e. The zero-order valence-electron chi connectivity index (χ0n) is 17.5. The topological polar surface area (TPSA) is 86.1 Å². The van der Waals surface area contributed by atoms with Gasteiger partial charge in [-0.25, -0.2) is 0 Å². The highest BCUT2D eigenvalue weighted by Gasteiger charge is 2.35. The van der Waals surface area contributed by atoms with Crippen LogP contribution in [0, 0.1) is 0 Å². The van der Waals surface area contributed by atoms with Gasteiger partial charge in [0.05, 0.1) is 19.3 Å². The number of ether oxygens (including phenoxy) is 3. The van der Waals surface area contributed by atoms with E-state index in [1.807, 2.05) is 25.1 Å². The number of carbonyl (C=O) groups excluding carboxylic acids is 1. The van der Waals surface area contributed by atoms with Gasteiger partial charge in [0, 0.05) is 47.9 Å². The second-order valence-electron chi connectivity index (χ2n) is 7.84. The summed E-state index contributed by atoms with van der Waals surface area (Å²) >= 11 is 0. The Balaban J connectivity index is 1.49. The fourth-order valence-electron chi connectivity index (χ4n) is 3.82. The molecular formula is C23H29N3O4. The zero-order chi connectivity index (χ0) is 21.1. The maximum atomic E-state index is 11.7. The van der Waals surface area contributed by atoms with Crippen LogP contribution in [-0.4, -0.2) is 44.9 Å². The van der Waals surface area contributed by atoms with Crippen molar-refractivity contribution in [1.29, 1.82) is 0 Å². The summed E-state index contributed by atoms with van der Waals surface area (Å²) in [4.78, 5) is 14.0. The molecule has 30 heavy (non-hydrogen) atoms. The molecule has 0 unspecified atom stereocenters. The molecule has 0 saturated carbocycles. The largest absolute Gasteiger partial charge is 0.375 e. The molecule has 7 heteroatoms. The van der Waals surface area contributed by atoms with Crippen LogP contribution in [0.1, 0.15) is 36.2 Å². The summed E-state index contributed by atoms with van der Waals surface area (Å²) in [7, 11) is 0. The zero-order valence-corrected chi connectivity index (χ0v) is 17.5. The van der Waals surface area contributed by atoms with Gasteiger partial charge in [-0.15, -0.1) is 0 Å². The number of nitrogens with zero attached hydrogens (tertiary/aromatic N) is 1. The molecule has 2 aliphatic heterocycles. The van der Waals surface area contributed by atoms with E-state index < -0.39 is 11.7 Å². The molecular weight excluding hydrogens is 382 g/mol. The summed E-state index contributed by atoms with van der Waals surface area (Å²) < 4.78 is 17.4. The number of amides is 1. The highest BCUT2D eigenvalue weighted by atomic mass is 16.7. The fourth-order valence-corrected chi connectivity index (χ4v) is 3.82. The quantitative estimate of drug-likeness (QED) is 0.693. The molecule has 7 nitrogen and oxygen atoms in total. The molecule has 160 valence electrons. The van der Waals surface area contributed by atoms with E-state index in [0.717, 1.165) is 48.7 Å². The van der Waals surface area contributed by atoms with Crippen molar-refractivity contribution in [3.05, 3.63) is 53.6 Å². The molecule has 2 aromatic carbocycles. The highest BCUT2D eigenvalue weighted by Crippen LogP contribution is 2.37. The minimum atomic E-state index is -0.858. The number of hydrogen-bond donors (Lipinski definition) is 2. The van der Waals surface area contributed by atoms with Crippen molar-refractivity contribution in [2.45, 2.75) is 32.2 Å². The molecule has 2 aliphatic rings. The molecule has 2 fully saturated rings. The monoisotopic (exact) mass is 411 g/mol. The van der Waals surface area contributed by atoms with Crippen molar-refractivity contribution in [1.82, 2.24) is 0 Å². The number of anilines is 3. The smallest absolute Gasteiger partial charge is 0.248 e. The molecule has 2 aromatic rings. The third-order valence-corrected chi connectivity index (χ3v) is 5.55. The Bertz CT molecular complexity index is 888. The molecule has 0 radical (unpaired) electrons. The predicted molar refractivity (Wildman–Crippen MR) is 116 cm³/mol. The van der Waals surface area contributed by atoms with Crippen LogP contribution in [0.2, 0.25) is 0 Å². The first-order valence-electron chi connectivity index (χ1n) is 10.4. The lowest BCUT2D eigenvalue weighted by Gasteiger charge is -2.40. The van der Waals surface area contributed by atoms with Gasteiger partial charge in [0.2, 0.25) is 5.91 Å². The standard InChI is InChI=1S/C23H29N3O4/c1-3-10-28-19-14-26(15-19)18-7-5-17(6-8-18)25-21-13-16(22(24)27)4-9-20(21)23(2)29-11-12-30-23/h4-9,13,19,25H,3,10-12,14-15H2,1-2H3,(H2,24,27). The van der Waals surface area contributed by atoms with Gasteiger partial charge in [0.15, 0.2) is 5.79 Å². The average Bonchev–Trinajstić information content (AvgIpc) is 3.15. The maximum absolute atomic E-state index is 11.7. The summed E-state index contributed by atoms with van der Waals surface area (Å²) in [6.45, 7) is 7.73. The van der Waals surface area contributed by atoms with E-state index in [4.69, 9.17) is 19.9 Å². The van der Waals surface area contributed by atoms with Crippen LogP contribution in [0.3, 0.4) is 0 Å². The Labute approximate surface area is 177 Å². The van der Waals surface area contributed by atoms with Gasteiger partial charge < -0.3 is 30.2 Å². The molecule has 1 amide bonds. The summed E-state index contributed by atoms with van der Waals surface area (Å²) in [6, 6.07) is 13.5. The van der Waals surface area contributed by atoms with Gasteiger partial charge in [0.25, 0.3) is 0 Å². The molecule has 0 bridgehead atoms. The van der Waals surface area contributed by atoms with E-state index in [1.165, 1.54) is 0 Å². The molecule has 0 aliphatic carbocycles. The van der Waals surface area contributed by atoms with Crippen LogP contribution in [0.5, 0.6) is 0 Å². The van der Waals surface area contributed by atoms with Crippen molar-refractivity contribution >= 4 is 23.0 Å². The van der Waals surface area contributed by atoms with Gasteiger partial charge in [-0.05, 0) is 49.7 Å². The predicted octanol–water partition coefficient (Wildman–Crippen LogP) is 3.36. The number of primary amides is 1. The second kappa shape index (κ2) is 8.63. The third-order valence-electron chi connectivity index (χ3n) is 5.55. The third kappa shape index (κ3) is 4.28. The first-order chi connectivity index (χ1) is 14.5. The Kier molecular flexibility index (Phi) is 5.94. The SMILES string of the molecule is CCCOC1CN(c2ccc(Nc3cc(C(N)=O)ccc3C3(C)OCCO3)cc2)C1. The minimum absolute atomic E-state index is 0.328. The number of carbonyl (C=O) groups is 1. The Morgan fingerprint density at radius 1 is 1.20 bits per heavy atom. The van der Waals surface area contributed by atoms with Crippen molar-refractivity contribution in [3.8, 4) is 0 Å². The normalized spacial score (nSPS) is 18.3. The number of rotatable bonds is 8. The van der Waals surface area contributed by atoms with Gasteiger partial charge in [0.1, 0.15) is 0 Å². The van der Waals surface area contributed by atoms with Crippen molar-refractivity contribution < 1.29 is 19.0 Å². The summed E-state index contributed by atoms with van der Waals surface area (Å²) in [5.41, 5.74) is 9.55. The first kappa shape index (κ1) is 20.7. The fraction of sp³-hybridized carbons (Fsp3) is 0.435. The molecule has 2 saturated heterocycles. The van der Waals surface area contributed by atoms with Crippen LogP contribution < -0.4 is 16.0 Å². The van der Waals surface area contributed by atoms with Crippen LogP contribution >= 0.6 is 0 Å². The number of nitrogens with two attached hydrogens (primary N) is 1. The first-order valence-corrected chi connectivity index (χ1v) is 10.4. The number of hydrogen-bond acceptors (Lipinski definition) is 6. The molecule has 0 aromatic heterocycles. The molecule has 3 N–H and O–H groups in total. The molecule has 0 atom stereocenters. The lowest BCUT2D eigenvalue weighted by molar-refractivity contribution is -0.149. The van der Waals surface area contributed by atoms with E-state index in [2.05, 4.69) is 29.3 Å². The van der Waals surface area contributed by atoms with Crippen molar-refractivity contribution in [2.24, 2.45) is 5.73 Å². The Hall–Kier alpha value is -2.61. The Morgan fingerprint density at radius 2 is 1.90 bits per heavy atom. The highest BCUT2D eigenvalue weighted by molar-refractivity contribution is 5.94. The van der Waals surface area contributed by atoms with Gasteiger partial charge in [-0.2, -0.15) is 0 Å². The molecule has 0 spiro atoms. The molecule has 2 heterocycles. The van der Waals surface area contributed by atoms with E-state index in [-0.39, 0.29) is 0 Å². The summed E-state index contributed by atoms with van der Waals surface area (Å²) in [5, 5.41) is 3.40. The number of benzene rings is 2. The van der Waals surface area contributed by atoms with E-state index in [1.54, 1.807) is 12.1 Å². The minimum Gasteiger partial charge on any atom is -0.375 e. The Morgan fingerprint density at radius 3 is 2.53 bits per heavy atom. The van der Waals surface area contributed by atoms with Crippen LogP contribution in [0.25, 0.3) is 0 Å². The molecule has 4 rings (SSSR count). The van der Waals surface area contributed by atoms with Gasteiger partial charge in [-0.3, -0.25) is 4.79 Å². The van der Waals surface area contributed by atoms with Gasteiger partial charge in [-0.1, -0.05) is 13.0 Å². The number of nitrogens with one attached hydrogen (secondary N) is 1. The van der Waals surface area contributed by atoms with Crippen molar-refractivity contribution in [3.63, 3.8) is 0 Å². The van der Waals surface area contributed by atoms with Crippen LogP contribution in [0.4, 0.5) is 17.1 Å². The van der Waals surface area contributed by atoms with E-state index >= 15 is 0 Å². The second-order valence-corrected chi connectivity index (χ2v) is 7.84. The summed E-state index contributed by atoms with van der Waals surface area (Å²) in [6.07, 6.45) is 1.37. The lowest BCUT2D eigenvalue weighted by Crippen LogP contribution is -2.52. The van der Waals surface area contributed by atoms with E-state index in [9.17, 15) is 4.79 Å². The van der Waals surface area contributed by atoms with Gasteiger partial charge >= 0.3 is 0 Å². The van der Waals surface area contributed by atoms with Crippen LogP contribution in [-0.2, 0) is 20.0 Å².